The SMILES string of the molecule is CC(C)(C)OC(=O)/C=C/c1cc(Cl)c(Cl)cc1Cl.Clc1cc(Cl)c(I)cc1Cl. The molecule has 0 bridgehead atoms. The minimum Gasteiger partial charge on any atom is -0.457 e. The van der Waals surface area contributed by atoms with Gasteiger partial charge in [0.2, 0.25) is 0 Å². The summed E-state index contributed by atoms with van der Waals surface area (Å²) in [5.41, 5.74) is 0.0833. The van der Waals surface area contributed by atoms with E-state index in [1.54, 1.807) is 45.0 Å². The predicted octanol–water partition coefficient (Wildman–Crippen LogP) is 9.25. The van der Waals surface area contributed by atoms with Gasteiger partial charge >= 0.3 is 5.97 Å². The number of benzene rings is 2. The maximum absolute atomic E-state index is 11.5. The molecule has 0 heterocycles. The number of halogens is 7. The number of hydrogen-bond donors (Lipinski definition) is 0. The van der Waals surface area contributed by atoms with Gasteiger partial charge in [0.15, 0.2) is 0 Å². The van der Waals surface area contributed by atoms with Crippen LogP contribution in [-0.2, 0) is 9.53 Å². The van der Waals surface area contributed by atoms with Crippen LogP contribution in [0.15, 0.2) is 30.3 Å². The van der Waals surface area contributed by atoms with E-state index in [9.17, 15) is 4.79 Å². The summed E-state index contributed by atoms with van der Waals surface area (Å²) in [5, 5.41) is 2.84. The molecule has 0 fully saturated rings. The van der Waals surface area contributed by atoms with Gasteiger partial charge in [0.25, 0.3) is 0 Å². The van der Waals surface area contributed by atoms with Gasteiger partial charge in [-0.15, -0.1) is 0 Å². The molecule has 0 aliphatic heterocycles. The first-order valence-corrected chi connectivity index (χ1v) is 11.0. The Balaban J connectivity index is 0.000000330. The predicted molar refractivity (Wildman–Crippen MR) is 131 cm³/mol. The molecule has 2 rings (SSSR count). The molecule has 0 amide bonds. The van der Waals surface area contributed by atoms with E-state index in [0.717, 1.165) is 3.57 Å². The maximum atomic E-state index is 11.5. The van der Waals surface area contributed by atoms with Crippen LogP contribution < -0.4 is 0 Å². The Morgan fingerprint density at radius 2 is 1.29 bits per heavy atom. The summed E-state index contributed by atoms with van der Waals surface area (Å²) < 4.78 is 6.04. The van der Waals surface area contributed by atoms with Gasteiger partial charge in [-0.05, 0) is 79.3 Å². The van der Waals surface area contributed by atoms with Crippen LogP contribution in [0, 0.1) is 3.57 Å². The molecule has 0 atom stereocenters. The van der Waals surface area contributed by atoms with E-state index < -0.39 is 11.6 Å². The molecule has 0 saturated heterocycles. The lowest BCUT2D eigenvalue weighted by molar-refractivity contribution is -0.148. The van der Waals surface area contributed by atoms with E-state index in [4.69, 9.17) is 74.3 Å². The summed E-state index contributed by atoms with van der Waals surface area (Å²) in [6, 6.07) is 6.48. The topological polar surface area (TPSA) is 26.3 Å². The van der Waals surface area contributed by atoms with Crippen molar-refractivity contribution >= 4 is 104 Å². The third-order valence-electron chi connectivity index (χ3n) is 2.81. The number of rotatable bonds is 2. The minimum atomic E-state index is -0.525. The summed E-state index contributed by atoms with van der Waals surface area (Å²) >= 11 is 36.8. The van der Waals surface area contributed by atoms with Crippen LogP contribution in [0.3, 0.4) is 0 Å². The van der Waals surface area contributed by atoms with Gasteiger partial charge in [0.05, 0.1) is 25.1 Å². The first-order chi connectivity index (χ1) is 12.8. The average Bonchev–Trinajstić information content (AvgIpc) is 2.54. The van der Waals surface area contributed by atoms with Crippen LogP contribution in [0.25, 0.3) is 6.08 Å². The first kappa shape index (κ1) is 26.2. The Labute approximate surface area is 208 Å². The van der Waals surface area contributed by atoms with Crippen molar-refractivity contribution in [2.75, 3.05) is 0 Å². The highest BCUT2D eigenvalue weighted by Gasteiger charge is 2.14. The van der Waals surface area contributed by atoms with Gasteiger partial charge in [0.1, 0.15) is 5.60 Å². The fourth-order valence-electron chi connectivity index (χ4n) is 1.66. The van der Waals surface area contributed by atoms with Crippen LogP contribution in [0.1, 0.15) is 26.3 Å². The molecule has 2 nitrogen and oxygen atoms in total. The van der Waals surface area contributed by atoms with Crippen molar-refractivity contribution < 1.29 is 9.53 Å². The molecular weight excluding hydrogens is 600 g/mol. The lowest BCUT2D eigenvalue weighted by Gasteiger charge is -2.17. The van der Waals surface area contributed by atoms with Crippen LogP contribution in [0.4, 0.5) is 0 Å². The van der Waals surface area contributed by atoms with Gasteiger partial charge < -0.3 is 4.74 Å². The summed E-state index contributed by atoms with van der Waals surface area (Å²) in [5.74, 6) is -0.440. The molecule has 9 heteroatoms. The summed E-state index contributed by atoms with van der Waals surface area (Å²) in [6.45, 7) is 5.39. The van der Waals surface area contributed by atoms with E-state index in [1.165, 1.54) is 12.1 Å². The molecule has 2 aromatic rings. The van der Waals surface area contributed by atoms with Gasteiger partial charge in [-0.1, -0.05) is 69.6 Å². The van der Waals surface area contributed by atoms with Crippen LogP contribution in [0.2, 0.25) is 30.1 Å². The molecular formula is C19H15Cl6IO2. The fourth-order valence-corrected chi connectivity index (χ4v) is 3.47. The Kier molecular flexibility index (Phi) is 10.7. The van der Waals surface area contributed by atoms with Crippen molar-refractivity contribution in [1.82, 2.24) is 0 Å². The molecule has 0 N–H and O–H groups in total. The van der Waals surface area contributed by atoms with Crippen molar-refractivity contribution in [3.8, 4) is 0 Å². The Bertz CT molecular complexity index is 841. The van der Waals surface area contributed by atoms with Crippen molar-refractivity contribution in [2.45, 2.75) is 26.4 Å². The molecule has 0 spiro atoms. The second kappa shape index (κ2) is 11.5. The van der Waals surface area contributed by atoms with E-state index in [1.807, 2.05) is 0 Å². The summed E-state index contributed by atoms with van der Waals surface area (Å²) in [7, 11) is 0. The van der Waals surface area contributed by atoms with E-state index >= 15 is 0 Å². The van der Waals surface area contributed by atoms with E-state index in [0.29, 0.717) is 35.7 Å². The third-order valence-corrected chi connectivity index (χ3v) is 6.10. The highest BCUT2D eigenvalue weighted by molar-refractivity contribution is 14.1. The first-order valence-electron chi connectivity index (χ1n) is 7.66. The zero-order chi connectivity index (χ0) is 21.6. The molecule has 0 aliphatic carbocycles. The van der Waals surface area contributed by atoms with Crippen molar-refractivity contribution in [3.63, 3.8) is 0 Å². The monoisotopic (exact) mass is 612 g/mol. The zero-order valence-corrected chi connectivity index (χ0v) is 21.6. The number of carbonyl (C=O) groups excluding carboxylic acids is 1. The highest BCUT2D eigenvalue weighted by atomic mass is 127. The molecule has 0 aliphatic rings. The number of hydrogen-bond acceptors (Lipinski definition) is 2. The average molecular weight is 615 g/mol. The van der Waals surface area contributed by atoms with Crippen LogP contribution in [0.5, 0.6) is 0 Å². The fraction of sp³-hybridized carbons (Fsp3) is 0.211. The standard InChI is InChI=1S/C13H13Cl3O2.C6H2Cl3I/c1-13(2,3)18-12(17)5-4-8-6-10(15)11(16)7-9(8)14;7-3-1-5(9)6(10)2-4(3)8/h4-7H,1-3H3;1-2H/b5-4+;. The van der Waals surface area contributed by atoms with Crippen molar-refractivity contribution in [3.05, 3.63) is 69.6 Å². The molecule has 28 heavy (non-hydrogen) atoms. The third kappa shape index (κ3) is 9.29. The minimum absolute atomic E-state index is 0.371. The quantitative estimate of drug-likeness (QED) is 0.146. The zero-order valence-electron chi connectivity index (χ0n) is 14.9. The molecule has 0 aromatic heterocycles. The van der Waals surface area contributed by atoms with Gasteiger partial charge in [-0.3, -0.25) is 0 Å². The summed E-state index contributed by atoms with van der Waals surface area (Å²) in [4.78, 5) is 11.5. The lowest BCUT2D eigenvalue weighted by atomic mass is 10.2. The second-order valence-electron chi connectivity index (χ2n) is 6.34. The van der Waals surface area contributed by atoms with E-state index in [2.05, 4.69) is 22.6 Å². The molecule has 0 unspecified atom stereocenters. The Morgan fingerprint density at radius 3 is 1.79 bits per heavy atom. The molecule has 0 radical (unpaired) electrons. The second-order valence-corrected chi connectivity index (χ2v) is 9.94. The molecule has 2 aromatic carbocycles. The van der Waals surface area contributed by atoms with Gasteiger partial charge in [0, 0.05) is 14.7 Å². The Hall–Kier alpha value is 0.120. The van der Waals surface area contributed by atoms with E-state index in [-0.39, 0.29) is 0 Å². The largest absolute Gasteiger partial charge is 0.457 e. The molecule has 152 valence electrons. The van der Waals surface area contributed by atoms with Crippen LogP contribution >= 0.6 is 92.2 Å². The maximum Gasteiger partial charge on any atom is 0.331 e. The van der Waals surface area contributed by atoms with Crippen molar-refractivity contribution in [1.29, 1.82) is 0 Å². The van der Waals surface area contributed by atoms with Gasteiger partial charge in [-0.25, -0.2) is 4.79 Å². The normalized spacial score (nSPS) is 11.2. The summed E-state index contributed by atoms with van der Waals surface area (Å²) in [6.07, 6.45) is 2.84. The van der Waals surface area contributed by atoms with Crippen LogP contribution in [-0.4, -0.2) is 11.6 Å². The highest BCUT2D eigenvalue weighted by Crippen LogP contribution is 2.30. The Morgan fingerprint density at radius 1 is 0.821 bits per heavy atom. The number of ether oxygens (including phenoxy) is 1. The lowest BCUT2D eigenvalue weighted by Crippen LogP contribution is -2.22. The molecule has 0 saturated carbocycles. The number of esters is 1. The number of carbonyl (C=O) groups is 1. The smallest absolute Gasteiger partial charge is 0.331 e. The van der Waals surface area contributed by atoms with Crippen molar-refractivity contribution in [2.24, 2.45) is 0 Å². The van der Waals surface area contributed by atoms with Gasteiger partial charge in [-0.2, -0.15) is 0 Å².